The van der Waals surface area contributed by atoms with Gasteiger partial charge in [-0.15, -0.1) is 0 Å². The van der Waals surface area contributed by atoms with E-state index in [-0.39, 0.29) is 4.91 Å². The number of nitrogens with zero attached hydrogens (tertiary/aromatic N) is 1. The topological polar surface area (TPSA) is 46.5 Å². The Bertz CT molecular complexity index is 560. The molecule has 0 N–H and O–H groups in total. The third-order valence-electron chi connectivity index (χ3n) is 1.92. The van der Waals surface area contributed by atoms with Gasteiger partial charge in [0, 0.05) is 6.20 Å². The van der Waals surface area contributed by atoms with E-state index in [1.807, 2.05) is 0 Å². The molecule has 0 radical (unpaired) electrons. The number of halogens is 2. The summed E-state index contributed by atoms with van der Waals surface area (Å²) in [6, 6.07) is 5.09. The van der Waals surface area contributed by atoms with E-state index in [0.29, 0.717) is 5.56 Å². The molecule has 1 aliphatic heterocycles. The third-order valence-corrected chi connectivity index (χ3v) is 4.10. The van der Waals surface area contributed by atoms with E-state index in [4.69, 9.17) is 11.6 Å². The van der Waals surface area contributed by atoms with E-state index >= 15 is 0 Å². The van der Waals surface area contributed by atoms with Gasteiger partial charge >= 0.3 is 0 Å². The van der Waals surface area contributed by atoms with Gasteiger partial charge in [0.2, 0.25) is 14.3 Å². The van der Waals surface area contributed by atoms with Gasteiger partial charge in [-0.2, -0.15) is 0 Å². The van der Waals surface area contributed by atoms with Gasteiger partial charge in [-0.25, -0.2) is 17.8 Å². The van der Waals surface area contributed by atoms with Crippen LogP contribution in [0.25, 0.3) is 4.91 Å². The van der Waals surface area contributed by atoms with Gasteiger partial charge in [-0.05, 0) is 29.3 Å². The Balaban J connectivity index is 2.49. The molecule has 0 spiro atoms. The van der Waals surface area contributed by atoms with Crippen molar-refractivity contribution in [3.05, 3.63) is 41.8 Å². The molecule has 0 aromatic heterocycles. The van der Waals surface area contributed by atoms with Crippen molar-refractivity contribution < 1.29 is 12.8 Å². The van der Waals surface area contributed by atoms with Gasteiger partial charge in [0.15, 0.2) is 0 Å². The van der Waals surface area contributed by atoms with Crippen LogP contribution in [0.4, 0.5) is 4.39 Å². The molecule has 6 heteroatoms. The lowest BCUT2D eigenvalue weighted by atomic mass is 10.2. The first-order valence-electron chi connectivity index (χ1n) is 3.96. The van der Waals surface area contributed by atoms with Gasteiger partial charge in [-0.1, -0.05) is 12.1 Å². The lowest BCUT2D eigenvalue weighted by Gasteiger charge is -2.01. The molecule has 1 aromatic rings. The van der Waals surface area contributed by atoms with Gasteiger partial charge < -0.3 is 0 Å². The molecule has 2 rings (SSSR count). The first-order chi connectivity index (χ1) is 7.01. The fraction of sp³-hybridized carbons (Fsp3) is 0. The maximum Gasteiger partial charge on any atom is 0.237 e. The predicted molar refractivity (Wildman–Crippen MR) is 56.6 cm³/mol. The van der Waals surface area contributed by atoms with Crippen LogP contribution in [-0.2, 0) is 9.84 Å². The lowest BCUT2D eigenvalue weighted by molar-refractivity contribution is 0.616. The van der Waals surface area contributed by atoms with E-state index in [1.54, 1.807) is 0 Å². The molecule has 0 amide bonds. The van der Waals surface area contributed by atoms with Crippen molar-refractivity contribution in [3.63, 3.8) is 0 Å². The number of benzene rings is 1. The van der Waals surface area contributed by atoms with E-state index in [9.17, 15) is 12.8 Å². The highest BCUT2D eigenvalue weighted by atomic mass is 35.5. The second-order valence-corrected chi connectivity index (χ2v) is 5.30. The van der Waals surface area contributed by atoms with Gasteiger partial charge in [-0.3, -0.25) is 0 Å². The van der Waals surface area contributed by atoms with Crippen molar-refractivity contribution in [2.75, 3.05) is 0 Å². The average molecular weight is 246 g/mol. The largest absolute Gasteiger partial charge is 0.237 e. The van der Waals surface area contributed by atoms with Crippen LogP contribution < -0.4 is 0 Å². The molecule has 0 unspecified atom stereocenters. The molecule has 0 bridgehead atoms. The molecule has 3 nitrogen and oxygen atoms in total. The summed E-state index contributed by atoms with van der Waals surface area (Å²) in [6.07, 6.45) is 1.16. The van der Waals surface area contributed by atoms with Crippen molar-refractivity contribution in [1.29, 1.82) is 0 Å². The van der Waals surface area contributed by atoms with Gasteiger partial charge in [0.1, 0.15) is 5.82 Å². The molecule has 0 aliphatic carbocycles. The quantitative estimate of drug-likeness (QED) is 0.761. The van der Waals surface area contributed by atoms with Crippen LogP contribution in [0.1, 0.15) is 5.56 Å². The predicted octanol–water partition coefficient (Wildman–Crippen LogP) is 2.15. The Hall–Kier alpha value is -1.20. The number of hydrogen-bond acceptors (Lipinski definition) is 3. The molecular formula is C9H5ClFNO2S. The summed E-state index contributed by atoms with van der Waals surface area (Å²) in [4.78, 5) is 3.50. The van der Waals surface area contributed by atoms with Crippen LogP contribution in [0, 0.1) is 5.82 Å². The minimum Gasteiger partial charge on any atom is -0.232 e. The maximum absolute atomic E-state index is 12.6. The standard InChI is InChI=1S/C9H5ClFNO2S/c10-9-12-5-8(15(9,13)14)6-1-3-7(11)4-2-6/h1-5H. The molecule has 78 valence electrons. The van der Waals surface area contributed by atoms with Crippen molar-refractivity contribution in [2.24, 2.45) is 4.99 Å². The highest BCUT2D eigenvalue weighted by molar-refractivity contribution is 8.17. The first kappa shape index (κ1) is 10.3. The van der Waals surface area contributed by atoms with Gasteiger partial charge in [0.25, 0.3) is 0 Å². The second-order valence-electron chi connectivity index (χ2n) is 2.89. The Morgan fingerprint density at radius 3 is 2.27 bits per heavy atom. The van der Waals surface area contributed by atoms with Crippen LogP contribution in [0.2, 0.25) is 0 Å². The second kappa shape index (κ2) is 3.43. The van der Waals surface area contributed by atoms with Crippen molar-refractivity contribution in [1.82, 2.24) is 0 Å². The van der Waals surface area contributed by atoms with E-state index in [2.05, 4.69) is 4.99 Å². The highest BCUT2D eigenvalue weighted by Crippen LogP contribution is 2.28. The van der Waals surface area contributed by atoms with Crippen molar-refractivity contribution in [2.45, 2.75) is 0 Å². The third kappa shape index (κ3) is 1.68. The molecule has 15 heavy (non-hydrogen) atoms. The Morgan fingerprint density at radius 2 is 1.80 bits per heavy atom. The first-order valence-corrected chi connectivity index (χ1v) is 5.82. The normalized spacial score (nSPS) is 18.5. The van der Waals surface area contributed by atoms with Crippen LogP contribution in [-0.4, -0.2) is 12.9 Å². The zero-order valence-corrected chi connectivity index (χ0v) is 8.89. The smallest absolute Gasteiger partial charge is 0.232 e. The Morgan fingerprint density at radius 1 is 1.20 bits per heavy atom. The SMILES string of the molecule is O=S1(=O)C(c2ccc(F)cc2)=CN=C1Cl. The molecule has 0 saturated carbocycles. The van der Waals surface area contributed by atoms with Crippen LogP contribution in [0.5, 0.6) is 0 Å². The minimum atomic E-state index is -3.68. The number of aliphatic imine (C=N–C) groups is 1. The van der Waals surface area contributed by atoms with Crippen LogP contribution >= 0.6 is 11.6 Å². The number of hydrogen-bond donors (Lipinski definition) is 0. The van der Waals surface area contributed by atoms with Crippen LogP contribution in [0.15, 0.2) is 35.5 Å². The fourth-order valence-electron chi connectivity index (χ4n) is 1.18. The maximum atomic E-state index is 12.6. The Labute approximate surface area is 90.8 Å². The molecule has 0 fully saturated rings. The summed E-state index contributed by atoms with van der Waals surface area (Å²) in [6.45, 7) is 0. The summed E-state index contributed by atoms with van der Waals surface area (Å²) in [5.74, 6) is -0.429. The molecule has 0 saturated heterocycles. The molecule has 1 aromatic carbocycles. The summed E-state index contributed by atoms with van der Waals surface area (Å²) in [5, 5.41) is 0. The average Bonchev–Trinajstić information content (AvgIpc) is 2.44. The van der Waals surface area contributed by atoms with Crippen LogP contribution in [0.3, 0.4) is 0 Å². The van der Waals surface area contributed by atoms with E-state index < -0.39 is 20.2 Å². The van der Waals surface area contributed by atoms with Crippen molar-refractivity contribution in [3.8, 4) is 0 Å². The van der Waals surface area contributed by atoms with Gasteiger partial charge in [0.05, 0.1) is 4.91 Å². The molecule has 1 heterocycles. The van der Waals surface area contributed by atoms with E-state index in [0.717, 1.165) is 6.20 Å². The van der Waals surface area contributed by atoms with Crippen molar-refractivity contribution >= 4 is 30.8 Å². The zero-order valence-electron chi connectivity index (χ0n) is 7.31. The monoisotopic (exact) mass is 245 g/mol. The molecular weight excluding hydrogens is 241 g/mol. The number of sulfone groups is 1. The molecule has 0 atom stereocenters. The van der Waals surface area contributed by atoms with E-state index in [1.165, 1.54) is 24.3 Å². The minimum absolute atomic E-state index is 0.00694. The molecule has 1 aliphatic rings. The number of rotatable bonds is 1. The summed E-state index contributed by atoms with van der Waals surface area (Å²) < 4.78 is 35.3. The lowest BCUT2D eigenvalue weighted by Crippen LogP contribution is -2.06. The summed E-state index contributed by atoms with van der Waals surface area (Å²) >= 11 is 5.42. The Kier molecular flexibility index (Phi) is 2.36. The zero-order chi connectivity index (χ0) is 11.1. The summed E-state index contributed by atoms with van der Waals surface area (Å²) in [5.41, 5.74) is 0.371. The highest BCUT2D eigenvalue weighted by Gasteiger charge is 2.29. The fourth-order valence-corrected chi connectivity index (χ4v) is 2.49. The summed E-state index contributed by atoms with van der Waals surface area (Å²) in [7, 11) is -3.68.